The highest BCUT2D eigenvalue weighted by Crippen LogP contribution is 2.30. The molecule has 2 aromatic carbocycles. The Labute approximate surface area is 144 Å². The second kappa shape index (κ2) is 7.81. The van der Waals surface area contributed by atoms with Gasteiger partial charge in [0.2, 0.25) is 10.0 Å². The number of ether oxygens (including phenoxy) is 1. The maximum atomic E-state index is 12.1. The van der Waals surface area contributed by atoms with Gasteiger partial charge in [-0.05, 0) is 22.6 Å². The van der Waals surface area contributed by atoms with Crippen molar-refractivity contribution in [1.82, 2.24) is 4.72 Å². The van der Waals surface area contributed by atoms with Crippen LogP contribution in [0.3, 0.4) is 0 Å². The fourth-order valence-corrected chi connectivity index (χ4v) is 3.54. The SMILES string of the molecule is CC(C)(C)c1ccccc1OCCNS(=O)(=O)Cc1ccccc1. The molecule has 0 fully saturated rings. The van der Waals surface area contributed by atoms with Gasteiger partial charge in [0, 0.05) is 6.54 Å². The van der Waals surface area contributed by atoms with Crippen LogP contribution in [0.5, 0.6) is 5.75 Å². The molecule has 0 radical (unpaired) electrons. The summed E-state index contributed by atoms with van der Waals surface area (Å²) in [4.78, 5) is 0. The summed E-state index contributed by atoms with van der Waals surface area (Å²) in [5.74, 6) is 0.777. The summed E-state index contributed by atoms with van der Waals surface area (Å²) in [6, 6.07) is 17.0. The van der Waals surface area contributed by atoms with Crippen LogP contribution >= 0.6 is 0 Å². The summed E-state index contributed by atoms with van der Waals surface area (Å²) < 4.78 is 32.5. The van der Waals surface area contributed by atoms with Gasteiger partial charge in [0.05, 0.1) is 5.75 Å². The average molecular weight is 347 g/mol. The van der Waals surface area contributed by atoms with E-state index in [2.05, 4.69) is 25.5 Å². The van der Waals surface area contributed by atoms with Gasteiger partial charge in [0.1, 0.15) is 12.4 Å². The molecule has 0 atom stereocenters. The smallest absolute Gasteiger partial charge is 0.215 e. The Kier molecular flexibility index (Phi) is 6.02. The predicted octanol–water partition coefficient (Wildman–Crippen LogP) is 3.48. The molecule has 0 aliphatic rings. The molecule has 0 heterocycles. The standard InChI is InChI=1S/C19H25NO3S/c1-19(2,3)17-11-7-8-12-18(17)23-14-13-20-24(21,22)15-16-9-5-4-6-10-16/h4-12,20H,13-15H2,1-3H3. The average Bonchev–Trinajstić information content (AvgIpc) is 2.51. The highest BCUT2D eigenvalue weighted by molar-refractivity contribution is 7.88. The Balaban J connectivity index is 1.87. The van der Waals surface area contributed by atoms with Crippen LogP contribution in [0.1, 0.15) is 31.9 Å². The van der Waals surface area contributed by atoms with Gasteiger partial charge in [0.15, 0.2) is 0 Å². The van der Waals surface area contributed by atoms with E-state index >= 15 is 0 Å². The summed E-state index contributed by atoms with van der Waals surface area (Å²) in [5, 5.41) is 0. The fourth-order valence-electron chi connectivity index (χ4n) is 2.41. The van der Waals surface area contributed by atoms with E-state index in [0.717, 1.165) is 16.9 Å². The molecular formula is C19H25NO3S. The molecule has 0 saturated carbocycles. The number of sulfonamides is 1. The number of hydrogen-bond donors (Lipinski definition) is 1. The van der Waals surface area contributed by atoms with Gasteiger partial charge in [0.25, 0.3) is 0 Å². The van der Waals surface area contributed by atoms with Crippen LogP contribution in [0.2, 0.25) is 0 Å². The highest BCUT2D eigenvalue weighted by atomic mass is 32.2. The van der Waals surface area contributed by atoms with Gasteiger partial charge in [-0.2, -0.15) is 0 Å². The van der Waals surface area contributed by atoms with Gasteiger partial charge >= 0.3 is 0 Å². The largest absolute Gasteiger partial charge is 0.492 e. The first-order chi connectivity index (χ1) is 11.3. The van der Waals surface area contributed by atoms with Gasteiger partial charge in [-0.25, -0.2) is 13.1 Å². The van der Waals surface area contributed by atoms with Gasteiger partial charge in [-0.15, -0.1) is 0 Å². The van der Waals surface area contributed by atoms with Crippen molar-refractivity contribution in [2.45, 2.75) is 31.9 Å². The molecule has 0 aliphatic carbocycles. The van der Waals surface area contributed by atoms with Gasteiger partial charge in [-0.3, -0.25) is 0 Å². The van der Waals surface area contributed by atoms with Crippen molar-refractivity contribution in [2.75, 3.05) is 13.2 Å². The van der Waals surface area contributed by atoms with Crippen LogP contribution in [0.25, 0.3) is 0 Å². The van der Waals surface area contributed by atoms with Crippen molar-refractivity contribution < 1.29 is 13.2 Å². The molecule has 2 aromatic rings. The highest BCUT2D eigenvalue weighted by Gasteiger charge is 2.18. The second-order valence-corrected chi connectivity index (χ2v) is 8.54. The first-order valence-electron chi connectivity index (χ1n) is 8.01. The summed E-state index contributed by atoms with van der Waals surface area (Å²) in [6.45, 7) is 6.90. The Morgan fingerprint density at radius 3 is 2.25 bits per heavy atom. The molecule has 2 rings (SSSR count). The Morgan fingerprint density at radius 1 is 0.958 bits per heavy atom. The van der Waals surface area contributed by atoms with Crippen LogP contribution in [0.15, 0.2) is 54.6 Å². The molecule has 0 bridgehead atoms. The second-order valence-electron chi connectivity index (χ2n) is 6.73. The molecule has 0 amide bonds. The van der Waals surface area contributed by atoms with Crippen LogP contribution in [0, 0.1) is 0 Å². The number of benzene rings is 2. The lowest BCUT2D eigenvalue weighted by molar-refractivity contribution is 0.314. The zero-order valence-electron chi connectivity index (χ0n) is 14.5. The topological polar surface area (TPSA) is 55.4 Å². The normalized spacial score (nSPS) is 12.1. The van der Waals surface area contributed by atoms with Crippen molar-refractivity contribution in [2.24, 2.45) is 0 Å². The van der Waals surface area contributed by atoms with Crippen LogP contribution in [-0.4, -0.2) is 21.6 Å². The van der Waals surface area contributed by atoms with Crippen molar-refractivity contribution in [3.63, 3.8) is 0 Å². The molecule has 4 nitrogen and oxygen atoms in total. The zero-order valence-corrected chi connectivity index (χ0v) is 15.3. The number of hydrogen-bond acceptors (Lipinski definition) is 3. The Morgan fingerprint density at radius 2 is 1.58 bits per heavy atom. The summed E-state index contributed by atoms with van der Waals surface area (Å²) in [6.07, 6.45) is 0. The first-order valence-corrected chi connectivity index (χ1v) is 9.67. The zero-order chi connectivity index (χ0) is 17.6. The number of para-hydroxylation sites is 1. The van der Waals surface area contributed by atoms with Gasteiger partial charge in [-0.1, -0.05) is 69.3 Å². The van der Waals surface area contributed by atoms with Crippen LogP contribution in [0.4, 0.5) is 0 Å². The third-order valence-electron chi connectivity index (χ3n) is 3.58. The van der Waals surface area contributed by atoms with Crippen molar-refractivity contribution in [3.8, 4) is 5.75 Å². The van der Waals surface area contributed by atoms with E-state index in [4.69, 9.17) is 4.74 Å². The minimum absolute atomic E-state index is 0.0214. The molecule has 0 saturated heterocycles. The first kappa shape index (κ1) is 18.5. The quantitative estimate of drug-likeness (QED) is 0.780. The van der Waals surface area contributed by atoms with Crippen molar-refractivity contribution >= 4 is 10.0 Å². The lowest BCUT2D eigenvalue weighted by Gasteiger charge is -2.22. The van der Waals surface area contributed by atoms with E-state index < -0.39 is 10.0 Å². The molecule has 0 unspecified atom stereocenters. The van der Waals surface area contributed by atoms with E-state index in [1.54, 1.807) is 12.1 Å². The van der Waals surface area contributed by atoms with Crippen molar-refractivity contribution in [3.05, 3.63) is 65.7 Å². The van der Waals surface area contributed by atoms with Crippen LogP contribution < -0.4 is 9.46 Å². The molecule has 5 heteroatoms. The van der Waals surface area contributed by atoms with E-state index in [-0.39, 0.29) is 17.7 Å². The third-order valence-corrected chi connectivity index (χ3v) is 4.93. The minimum Gasteiger partial charge on any atom is -0.492 e. The number of rotatable bonds is 7. The van der Waals surface area contributed by atoms with E-state index in [1.807, 2.05) is 42.5 Å². The van der Waals surface area contributed by atoms with E-state index in [9.17, 15) is 8.42 Å². The Bertz CT molecular complexity index is 750. The van der Waals surface area contributed by atoms with E-state index in [1.165, 1.54) is 0 Å². The third kappa shape index (κ3) is 5.65. The van der Waals surface area contributed by atoms with Crippen LogP contribution in [-0.2, 0) is 21.2 Å². The summed E-state index contributed by atoms with van der Waals surface area (Å²) in [5.41, 5.74) is 1.85. The molecule has 24 heavy (non-hydrogen) atoms. The predicted molar refractivity (Wildman–Crippen MR) is 97.7 cm³/mol. The number of nitrogens with one attached hydrogen (secondary N) is 1. The van der Waals surface area contributed by atoms with Crippen molar-refractivity contribution in [1.29, 1.82) is 0 Å². The molecule has 0 spiro atoms. The molecule has 130 valence electrons. The maximum absolute atomic E-state index is 12.1. The molecule has 0 aliphatic heterocycles. The fraction of sp³-hybridized carbons (Fsp3) is 0.368. The summed E-state index contributed by atoms with van der Waals surface area (Å²) in [7, 11) is -3.36. The molecule has 0 aromatic heterocycles. The molecule has 1 N–H and O–H groups in total. The van der Waals surface area contributed by atoms with E-state index in [0.29, 0.717) is 6.61 Å². The maximum Gasteiger partial charge on any atom is 0.215 e. The minimum atomic E-state index is -3.36. The Hall–Kier alpha value is -1.85. The molecular weight excluding hydrogens is 322 g/mol. The summed E-state index contributed by atoms with van der Waals surface area (Å²) >= 11 is 0. The lowest BCUT2D eigenvalue weighted by atomic mass is 9.86. The lowest BCUT2D eigenvalue weighted by Crippen LogP contribution is -2.29. The van der Waals surface area contributed by atoms with Gasteiger partial charge < -0.3 is 4.74 Å². The monoisotopic (exact) mass is 347 g/mol.